The van der Waals surface area contributed by atoms with Crippen molar-refractivity contribution in [2.75, 3.05) is 12.4 Å². The molecule has 0 heterocycles. The zero-order valence-corrected chi connectivity index (χ0v) is 12.9. The van der Waals surface area contributed by atoms with Gasteiger partial charge in [-0.05, 0) is 45.8 Å². The number of phenols is 1. The summed E-state index contributed by atoms with van der Waals surface area (Å²) < 4.78 is 5.80. The van der Waals surface area contributed by atoms with Crippen LogP contribution in [0.5, 0.6) is 11.5 Å². The molecule has 0 fully saturated rings. The van der Waals surface area contributed by atoms with Crippen LogP contribution in [0.1, 0.15) is 11.6 Å². The number of carbonyl (C=O) groups excluding carboxylic acids is 1. The largest absolute Gasteiger partial charge is 0.504 e. The molecule has 0 aliphatic carbocycles. The van der Waals surface area contributed by atoms with E-state index in [9.17, 15) is 9.90 Å². The number of primary amides is 1. The van der Waals surface area contributed by atoms with Crippen LogP contribution < -0.4 is 15.8 Å². The van der Waals surface area contributed by atoms with Gasteiger partial charge in [-0.1, -0.05) is 18.2 Å². The Hall–Kier alpha value is -2.21. The first-order valence-corrected chi connectivity index (χ1v) is 6.99. The summed E-state index contributed by atoms with van der Waals surface area (Å²) in [5.74, 6) is -0.256. The number of nitrogens with one attached hydrogen (secondary N) is 1. The molecule has 2 aromatic carbocycles. The van der Waals surface area contributed by atoms with Crippen molar-refractivity contribution in [2.24, 2.45) is 5.73 Å². The number of halogens is 1. The highest BCUT2D eigenvalue weighted by molar-refractivity contribution is 9.10. The Kier molecular flexibility index (Phi) is 4.70. The molecule has 21 heavy (non-hydrogen) atoms. The number of rotatable bonds is 5. The van der Waals surface area contributed by atoms with Crippen molar-refractivity contribution < 1.29 is 14.6 Å². The Labute approximate surface area is 130 Å². The average Bonchev–Trinajstić information content (AvgIpc) is 2.46. The number of hydrogen-bond acceptors (Lipinski definition) is 4. The standard InChI is InChI=1S/C15H15BrN2O3/c1-21-13-7-6-9(8-12(13)19)14(15(17)20)18-11-5-3-2-4-10(11)16/h2-8,14,18-19H,1H3,(H2,17,20). The summed E-state index contributed by atoms with van der Waals surface area (Å²) in [5, 5.41) is 12.9. The van der Waals surface area contributed by atoms with Crippen molar-refractivity contribution >= 4 is 27.5 Å². The number of para-hydroxylation sites is 1. The second kappa shape index (κ2) is 6.49. The van der Waals surface area contributed by atoms with Crippen molar-refractivity contribution in [3.63, 3.8) is 0 Å². The highest BCUT2D eigenvalue weighted by Gasteiger charge is 2.20. The number of hydrogen-bond donors (Lipinski definition) is 3. The van der Waals surface area contributed by atoms with E-state index in [1.807, 2.05) is 24.3 Å². The number of benzene rings is 2. The Morgan fingerprint density at radius 1 is 1.33 bits per heavy atom. The van der Waals surface area contributed by atoms with Gasteiger partial charge in [0.25, 0.3) is 0 Å². The number of anilines is 1. The third-order valence-corrected chi connectivity index (χ3v) is 3.69. The van der Waals surface area contributed by atoms with Gasteiger partial charge in [0.15, 0.2) is 11.5 Å². The molecule has 0 aliphatic heterocycles. The Balaban J connectivity index is 2.34. The second-order valence-corrected chi connectivity index (χ2v) is 5.25. The average molecular weight is 351 g/mol. The van der Waals surface area contributed by atoms with E-state index in [1.54, 1.807) is 12.1 Å². The fourth-order valence-corrected chi connectivity index (χ4v) is 2.34. The van der Waals surface area contributed by atoms with Crippen molar-refractivity contribution in [3.8, 4) is 11.5 Å². The number of aromatic hydroxyl groups is 1. The first-order chi connectivity index (χ1) is 10.0. The van der Waals surface area contributed by atoms with Crippen LogP contribution in [0, 0.1) is 0 Å². The smallest absolute Gasteiger partial charge is 0.244 e. The van der Waals surface area contributed by atoms with E-state index in [-0.39, 0.29) is 5.75 Å². The van der Waals surface area contributed by atoms with Gasteiger partial charge in [-0.15, -0.1) is 0 Å². The van der Waals surface area contributed by atoms with E-state index in [0.29, 0.717) is 11.3 Å². The van der Waals surface area contributed by atoms with Crippen LogP contribution in [0.4, 0.5) is 5.69 Å². The third kappa shape index (κ3) is 3.46. The molecular formula is C15H15BrN2O3. The molecule has 2 rings (SSSR count). The lowest BCUT2D eigenvalue weighted by Gasteiger charge is -2.19. The highest BCUT2D eigenvalue weighted by Crippen LogP contribution is 2.31. The molecule has 5 nitrogen and oxygen atoms in total. The van der Waals surface area contributed by atoms with Crippen molar-refractivity contribution in [2.45, 2.75) is 6.04 Å². The van der Waals surface area contributed by atoms with Crippen LogP contribution in [0.3, 0.4) is 0 Å². The molecule has 2 aromatic rings. The lowest BCUT2D eigenvalue weighted by Crippen LogP contribution is -2.27. The maximum atomic E-state index is 11.7. The number of carbonyl (C=O) groups is 1. The van der Waals surface area contributed by atoms with E-state index in [4.69, 9.17) is 10.5 Å². The van der Waals surface area contributed by atoms with Crippen LogP contribution >= 0.6 is 15.9 Å². The summed E-state index contributed by atoms with van der Waals surface area (Å²) in [6.07, 6.45) is 0. The molecule has 0 spiro atoms. The van der Waals surface area contributed by atoms with Gasteiger partial charge in [0, 0.05) is 10.2 Å². The van der Waals surface area contributed by atoms with E-state index in [1.165, 1.54) is 13.2 Å². The molecule has 0 aliphatic rings. The Morgan fingerprint density at radius 2 is 2.05 bits per heavy atom. The monoisotopic (exact) mass is 350 g/mol. The third-order valence-electron chi connectivity index (χ3n) is 2.99. The lowest BCUT2D eigenvalue weighted by molar-refractivity contribution is -0.118. The summed E-state index contributed by atoms with van der Waals surface area (Å²) in [4.78, 5) is 11.7. The minimum Gasteiger partial charge on any atom is -0.504 e. The van der Waals surface area contributed by atoms with Gasteiger partial charge in [0.05, 0.1) is 7.11 Å². The number of methoxy groups -OCH3 is 1. The van der Waals surface area contributed by atoms with Gasteiger partial charge >= 0.3 is 0 Å². The molecule has 6 heteroatoms. The summed E-state index contributed by atoms with van der Waals surface area (Å²) >= 11 is 3.40. The van der Waals surface area contributed by atoms with E-state index in [0.717, 1.165) is 10.2 Å². The molecular weight excluding hydrogens is 336 g/mol. The molecule has 0 aromatic heterocycles. The second-order valence-electron chi connectivity index (χ2n) is 4.39. The first kappa shape index (κ1) is 15.2. The number of ether oxygens (including phenoxy) is 1. The first-order valence-electron chi connectivity index (χ1n) is 6.20. The van der Waals surface area contributed by atoms with Crippen molar-refractivity contribution in [1.82, 2.24) is 0 Å². The zero-order chi connectivity index (χ0) is 15.4. The van der Waals surface area contributed by atoms with Crippen LogP contribution in [-0.2, 0) is 4.79 Å². The quantitative estimate of drug-likeness (QED) is 0.773. The minimum absolute atomic E-state index is 0.0461. The predicted octanol–water partition coefficient (Wildman–Crippen LogP) is 2.80. The summed E-state index contributed by atoms with van der Waals surface area (Å²) in [5.41, 5.74) is 6.74. The Bertz CT molecular complexity index is 661. The maximum absolute atomic E-state index is 11.7. The zero-order valence-electron chi connectivity index (χ0n) is 11.3. The van der Waals surface area contributed by atoms with Crippen molar-refractivity contribution in [3.05, 3.63) is 52.5 Å². The molecule has 0 saturated carbocycles. The molecule has 4 N–H and O–H groups in total. The molecule has 1 unspecified atom stereocenters. The molecule has 1 atom stereocenters. The normalized spacial score (nSPS) is 11.7. The number of amides is 1. The van der Waals surface area contributed by atoms with Crippen LogP contribution in [-0.4, -0.2) is 18.1 Å². The van der Waals surface area contributed by atoms with Gasteiger partial charge in [-0.3, -0.25) is 4.79 Å². The minimum atomic E-state index is -0.763. The molecule has 1 amide bonds. The molecule has 0 radical (unpaired) electrons. The lowest BCUT2D eigenvalue weighted by atomic mass is 10.1. The predicted molar refractivity (Wildman–Crippen MR) is 84.4 cm³/mol. The SMILES string of the molecule is COc1ccc(C(Nc2ccccc2Br)C(N)=O)cc1O. The van der Waals surface area contributed by atoms with Gasteiger partial charge in [-0.2, -0.15) is 0 Å². The fourth-order valence-electron chi connectivity index (χ4n) is 1.94. The van der Waals surface area contributed by atoms with Gasteiger partial charge in [0.2, 0.25) is 5.91 Å². The summed E-state index contributed by atoms with van der Waals surface area (Å²) in [7, 11) is 1.46. The summed E-state index contributed by atoms with van der Waals surface area (Å²) in [6.45, 7) is 0. The highest BCUT2D eigenvalue weighted by atomic mass is 79.9. The van der Waals surface area contributed by atoms with Crippen LogP contribution in [0.15, 0.2) is 46.9 Å². The van der Waals surface area contributed by atoms with E-state index in [2.05, 4.69) is 21.2 Å². The van der Waals surface area contributed by atoms with Gasteiger partial charge in [-0.25, -0.2) is 0 Å². The fraction of sp³-hybridized carbons (Fsp3) is 0.133. The summed E-state index contributed by atoms with van der Waals surface area (Å²) in [6, 6.07) is 11.3. The Morgan fingerprint density at radius 3 is 2.62 bits per heavy atom. The topological polar surface area (TPSA) is 84.6 Å². The maximum Gasteiger partial charge on any atom is 0.244 e. The number of nitrogens with two attached hydrogens (primary N) is 1. The molecule has 0 saturated heterocycles. The van der Waals surface area contributed by atoms with Gasteiger partial charge < -0.3 is 20.9 Å². The van der Waals surface area contributed by atoms with Crippen LogP contribution in [0.2, 0.25) is 0 Å². The van der Waals surface area contributed by atoms with Crippen LogP contribution in [0.25, 0.3) is 0 Å². The van der Waals surface area contributed by atoms with E-state index < -0.39 is 11.9 Å². The number of phenolic OH excluding ortho intramolecular Hbond substituents is 1. The van der Waals surface area contributed by atoms with E-state index >= 15 is 0 Å². The van der Waals surface area contributed by atoms with Crippen molar-refractivity contribution in [1.29, 1.82) is 0 Å². The molecule has 110 valence electrons. The van der Waals surface area contributed by atoms with Gasteiger partial charge in [0.1, 0.15) is 6.04 Å². The molecule has 0 bridgehead atoms.